The third-order valence-electron chi connectivity index (χ3n) is 11.2. The van der Waals surface area contributed by atoms with Crippen molar-refractivity contribution in [2.75, 3.05) is 4.90 Å². The summed E-state index contributed by atoms with van der Waals surface area (Å²) >= 11 is 0. The maximum absolute atomic E-state index is 6.70. The molecule has 0 spiro atoms. The van der Waals surface area contributed by atoms with Crippen LogP contribution in [-0.4, -0.2) is 0 Å². The molecule has 0 saturated carbocycles. The van der Waals surface area contributed by atoms with Crippen molar-refractivity contribution in [3.63, 3.8) is 0 Å². The first-order valence-corrected chi connectivity index (χ1v) is 19.2. The molecule has 1 heterocycles. The van der Waals surface area contributed by atoms with Crippen LogP contribution in [0, 0.1) is 0 Å². The van der Waals surface area contributed by atoms with Crippen LogP contribution in [0.5, 0.6) is 0 Å². The number of hydrogen-bond donors (Lipinski definition) is 0. The van der Waals surface area contributed by atoms with Crippen LogP contribution in [0.1, 0.15) is 0 Å². The van der Waals surface area contributed by atoms with Crippen molar-refractivity contribution in [2.24, 2.45) is 0 Å². The third kappa shape index (κ3) is 5.42. The lowest BCUT2D eigenvalue weighted by atomic mass is 9.95. The molecule has 0 aliphatic rings. The van der Waals surface area contributed by atoms with Crippen LogP contribution in [0.25, 0.3) is 87.6 Å². The molecule has 0 aliphatic carbocycles. The first kappa shape index (κ1) is 32.0. The molecular weight excluding hydrogens is 679 g/mol. The molecule has 0 radical (unpaired) electrons. The summed E-state index contributed by atoms with van der Waals surface area (Å²) in [7, 11) is 0. The first-order valence-electron chi connectivity index (χ1n) is 19.2. The summed E-state index contributed by atoms with van der Waals surface area (Å²) in [6.07, 6.45) is 0. The lowest BCUT2D eigenvalue weighted by Crippen LogP contribution is -2.10. The van der Waals surface area contributed by atoms with Crippen LogP contribution in [-0.2, 0) is 0 Å². The van der Waals surface area contributed by atoms with Gasteiger partial charge in [0.05, 0.1) is 0 Å². The second kappa shape index (κ2) is 13.2. The standard InChI is InChI=1S/C54H35NO/c1-3-13-36(14-4-1)39-18-11-20-43(32-39)55(44-21-12-19-40(33-44)41-27-29-47-42(31-41)26-25-38-17-7-8-22-46(38)47)45-28-30-53-51(34-45)52-35-50(37-15-5-2-6-16-37)48-23-9-10-24-49(48)54(52)56-53/h1-35H. The zero-order chi connectivity index (χ0) is 37.0. The Hall–Kier alpha value is -7.42. The highest BCUT2D eigenvalue weighted by atomic mass is 16.3. The molecule has 0 N–H and O–H groups in total. The SMILES string of the molecule is c1ccc(-c2cccc(N(c3cccc(-c4ccc5c(ccc6ccccc65)c4)c3)c3ccc4oc5c6ccccc6c(-c6ccccc6)cc5c4c3)c2)cc1. The lowest BCUT2D eigenvalue weighted by Gasteiger charge is -2.26. The molecule has 0 amide bonds. The van der Waals surface area contributed by atoms with Crippen molar-refractivity contribution in [2.45, 2.75) is 0 Å². The summed E-state index contributed by atoms with van der Waals surface area (Å²) in [5.74, 6) is 0. The van der Waals surface area contributed by atoms with Gasteiger partial charge in [-0.25, -0.2) is 0 Å². The Kier molecular flexibility index (Phi) is 7.53. The fraction of sp³-hybridized carbons (Fsp3) is 0. The molecular formula is C54H35NO. The van der Waals surface area contributed by atoms with E-state index in [1.54, 1.807) is 0 Å². The third-order valence-corrected chi connectivity index (χ3v) is 11.2. The van der Waals surface area contributed by atoms with E-state index in [4.69, 9.17) is 4.42 Å². The molecule has 0 atom stereocenters. The minimum Gasteiger partial charge on any atom is -0.455 e. The summed E-state index contributed by atoms with van der Waals surface area (Å²) < 4.78 is 6.70. The molecule has 11 rings (SSSR count). The average molecular weight is 714 g/mol. The van der Waals surface area contributed by atoms with E-state index in [0.717, 1.165) is 50.0 Å². The number of furan rings is 1. The van der Waals surface area contributed by atoms with Gasteiger partial charge in [0.2, 0.25) is 0 Å². The number of anilines is 3. The molecule has 0 aliphatic heterocycles. The second-order valence-electron chi connectivity index (χ2n) is 14.5. The predicted octanol–water partition coefficient (Wildman–Crippen LogP) is 15.5. The normalized spacial score (nSPS) is 11.6. The van der Waals surface area contributed by atoms with E-state index in [2.05, 4.69) is 217 Å². The molecule has 2 heteroatoms. The largest absolute Gasteiger partial charge is 0.455 e. The summed E-state index contributed by atoms with van der Waals surface area (Å²) in [6.45, 7) is 0. The van der Waals surface area contributed by atoms with E-state index in [1.165, 1.54) is 54.7 Å². The Morgan fingerprint density at radius 2 is 0.857 bits per heavy atom. The van der Waals surface area contributed by atoms with Crippen LogP contribution in [0.3, 0.4) is 0 Å². The Bertz CT molecular complexity index is 3250. The van der Waals surface area contributed by atoms with Crippen molar-refractivity contribution in [1.29, 1.82) is 0 Å². The molecule has 0 unspecified atom stereocenters. The van der Waals surface area contributed by atoms with Crippen molar-refractivity contribution < 1.29 is 4.42 Å². The number of fused-ring (bicyclic) bond motifs is 8. The zero-order valence-corrected chi connectivity index (χ0v) is 30.6. The molecule has 1 aromatic heterocycles. The number of hydrogen-bond acceptors (Lipinski definition) is 2. The average Bonchev–Trinajstić information content (AvgIpc) is 3.65. The Morgan fingerprint density at radius 1 is 0.286 bits per heavy atom. The van der Waals surface area contributed by atoms with Gasteiger partial charge in [0, 0.05) is 33.2 Å². The van der Waals surface area contributed by atoms with Crippen molar-refractivity contribution in [1.82, 2.24) is 0 Å². The fourth-order valence-corrected chi connectivity index (χ4v) is 8.50. The fourth-order valence-electron chi connectivity index (χ4n) is 8.50. The van der Waals surface area contributed by atoms with Gasteiger partial charge in [0.25, 0.3) is 0 Å². The van der Waals surface area contributed by atoms with Crippen molar-refractivity contribution in [3.8, 4) is 33.4 Å². The monoisotopic (exact) mass is 713 g/mol. The molecule has 0 saturated heterocycles. The molecule has 10 aromatic carbocycles. The molecule has 0 bridgehead atoms. The van der Waals surface area contributed by atoms with Crippen molar-refractivity contribution in [3.05, 3.63) is 212 Å². The van der Waals surface area contributed by atoms with Crippen LogP contribution in [0.4, 0.5) is 17.1 Å². The van der Waals surface area contributed by atoms with Crippen LogP contribution < -0.4 is 4.90 Å². The molecule has 56 heavy (non-hydrogen) atoms. The highest BCUT2D eigenvalue weighted by Gasteiger charge is 2.19. The predicted molar refractivity (Wildman–Crippen MR) is 237 cm³/mol. The lowest BCUT2D eigenvalue weighted by molar-refractivity contribution is 0.672. The summed E-state index contributed by atoms with van der Waals surface area (Å²) in [5, 5.41) is 9.53. The van der Waals surface area contributed by atoms with E-state index in [-0.39, 0.29) is 0 Å². The summed E-state index contributed by atoms with van der Waals surface area (Å²) in [6, 6.07) is 76.5. The van der Waals surface area contributed by atoms with Gasteiger partial charge in [-0.2, -0.15) is 0 Å². The van der Waals surface area contributed by atoms with Crippen molar-refractivity contribution >= 4 is 71.3 Å². The van der Waals surface area contributed by atoms with Gasteiger partial charge >= 0.3 is 0 Å². The van der Waals surface area contributed by atoms with E-state index in [9.17, 15) is 0 Å². The van der Waals surface area contributed by atoms with E-state index in [0.29, 0.717) is 0 Å². The van der Waals surface area contributed by atoms with Crippen LogP contribution in [0.2, 0.25) is 0 Å². The van der Waals surface area contributed by atoms with Gasteiger partial charge in [-0.1, -0.05) is 158 Å². The van der Waals surface area contributed by atoms with E-state index < -0.39 is 0 Å². The first-order chi connectivity index (χ1) is 27.7. The molecule has 2 nitrogen and oxygen atoms in total. The van der Waals surface area contributed by atoms with Gasteiger partial charge in [-0.3, -0.25) is 0 Å². The maximum atomic E-state index is 6.70. The van der Waals surface area contributed by atoms with Gasteiger partial charge in [0.15, 0.2) is 0 Å². The topological polar surface area (TPSA) is 16.4 Å². The van der Waals surface area contributed by atoms with E-state index in [1.807, 2.05) is 0 Å². The quantitative estimate of drug-likeness (QED) is 0.160. The second-order valence-corrected chi connectivity index (χ2v) is 14.5. The van der Waals surface area contributed by atoms with Gasteiger partial charge in [-0.05, 0) is 115 Å². The molecule has 11 aromatic rings. The highest BCUT2D eigenvalue weighted by molar-refractivity contribution is 6.19. The molecule has 0 fully saturated rings. The van der Waals surface area contributed by atoms with Crippen LogP contribution >= 0.6 is 0 Å². The number of rotatable bonds is 6. The van der Waals surface area contributed by atoms with E-state index >= 15 is 0 Å². The minimum absolute atomic E-state index is 0.870. The Balaban J connectivity index is 1.10. The van der Waals surface area contributed by atoms with Crippen LogP contribution in [0.15, 0.2) is 217 Å². The minimum atomic E-state index is 0.870. The summed E-state index contributed by atoms with van der Waals surface area (Å²) in [5.41, 5.74) is 12.1. The number of benzene rings is 10. The Labute approximate surface area is 325 Å². The summed E-state index contributed by atoms with van der Waals surface area (Å²) in [4.78, 5) is 2.38. The number of nitrogens with zero attached hydrogens (tertiary/aromatic N) is 1. The maximum Gasteiger partial charge on any atom is 0.143 e. The zero-order valence-electron chi connectivity index (χ0n) is 30.6. The molecule has 262 valence electrons. The highest BCUT2D eigenvalue weighted by Crippen LogP contribution is 2.44. The smallest absolute Gasteiger partial charge is 0.143 e. The Morgan fingerprint density at radius 3 is 1.62 bits per heavy atom. The van der Waals surface area contributed by atoms with Gasteiger partial charge in [0.1, 0.15) is 11.2 Å². The van der Waals surface area contributed by atoms with Gasteiger partial charge < -0.3 is 9.32 Å². The van der Waals surface area contributed by atoms with Gasteiger partial charge in [-0.15, -0.1) is 0 Å².